The Morgan fingerprint density at radius 3 is 2.62 bits per heavy atom. The molecule has 0 spiro atoms. The van der Waals surface area contributed by atoms with Gasteiger partial charge in [0.2, 0.25) is 0 Å². The summed E-state index contributed by atoms with van der Waals surface area (Å²) in [5.41, 5.74) is 3.27. The third kappa shape index (κ3) is 4.65. The lowest BCUT2D eigenvalue weighted by atomic mass is 10.1. The maximum Gasteiger partial charge on any atom is 0.268 e. The molecule has 4 nitrogen and oxygen atoms in total. The van der Waals surface area contributed by atoms with Crippen molar-refractivity contribution in [3.8, 4) is 6.07 Å². The van der Waals surface area contributed by atoms with Crippen molar-refractivity contribution in [2.45, 2.75) is 13.3 Å². The molecule has 5 heteroatoms. The number of amides is 1. The molecule has 0 saturated carbocycles. The molecule has 0 aliphatic carbocycles. The lowest BCUT2D eigenvalue weighted by Gasteiger charge is -2.00. The van der Waals surface area contributed by atoms with E-state index < -0.39 is 5.91 Å². The second kappa shape index (κ2) is 8.24. The highest BCUT2D eigenvalue weighted by molar-refractivity contribution is 7.15. The number of thiazole rings is 1. The Morgan fingerprint density at radius 1 is 1.19 bits per heavy atom. The molecule has 3 aromatic rings. The van der Waals surface area contributed by atoms with Gasteiger partial charge in [-0.15, -0.1) is 11.3 Å². The van der Waals surface area contributed by atoms with Gasteiger partial charge in [-0.1, -0.05) is 60.2 Å². The van der Waals surface area contributed by atoms with Crippen LogP contribution in [0.1, 0.15) is 21.6 Å². The molecule has 0 bridgehead atoms. The normalized spacial score (nSPS) is 11.0. The van der Waals surface area contributed by atoms with E-state index >= 15 is 0 Å². The number of rotatable bonds is 5. The fourth-order valence-corrected chi connectivity index (χ4v) is 3.22. The lowest BCUT2D eigenvalue weighted by Crippen LogP contribution is -2.13. The van der Waals surface area contributed by atoms with Crippen LogP contribution in [0.15, 0.2) is 66.4 Å². The molecule has 0 fully saturated rings. The Bertz CT molecular complexity index is 966. The number of anilines is 1. The average molecular weight is 359 g/mol. The van der Waals surface area contributed by atoms with E-state index in [0.717, 1.165) is 16.9 Å². The molecule has 2 aromatic carbocycles. The van der Waals surface area contributed by atoms with Crippen LogP contribution in [0.25, 0.3) is 6.08 Å². The van der Waals surface area contributed by atoms with Crippen LogP contribution in [0.4, 0.5) is 5.13 Å². The monoisotopic (exact) mass is 359 g/mol. The van der Waals surface area contributed by atoms with Crippen molar-refractivity contribution in [2.24, 2.45) is 0 Å². The molecule has 0 aliphatic heterocycles. The van der Waals surface area contributed by atoms with Crippen LogP contribution >= 0.6 is 11.3 Å². The smallest absolute Gasteiger partial charge is 0.268 e. The highest BCUT2D eigenvalue weighted by Gasteiger charge is 2.12. The maximum absolute atomic E-state index is 12.3. The van der Waals surface area contributed by atoms with Crippen molar-refractivity contribution in [2.75, 3.05) is 5.32 Å². The number of aryl methyl sites for hydroxylation is 1. The summed E-state index contributed by atoms with van der Waals surface area (Å²) in [4.78, 5) is 17.6. The number of carbonyl (C=O) groups is 1. The Hall–Kier alpha value is -3.23. The molecule has 0 radical (unpaired) electrons. The van der Waals surface area contributed by atoms with Gasteiger partial charge in [-0.25, -0.2) is 4.98 Å². The first kappa shape index (κ1) is 17.6. The predicted octanol–water partition coefficient (Wildman–Crippen LogP) is 4.59. The van der Waals surface area contributed by atoms with Crippen molar-refractivity contribution in [1.82, 2.24) is 4.98 Å². The summed E-state index contributed by atoms with van der Waals surface area (Å²) in [6.45, 7) is 2.06. The Balaban J connectivity index is 1.68. The van der Waals surface area contributed by atoms with Crippen molar-refractivity contribution >= 4 is 28.5 Å². The summed E-state index contributed by atoms with van der Waals surface area (Å²) in [6, 6.07) is 19.6. The van der Waals surface area contributed by atoms with E-state index in [9.17, 15) is 10.1 Å². The van der Waals surface area contributed by atoms with Crippen LogP contribution < -0.4 is 5.32 Å². The second-order valence-electron chi connectivity index (χ2n) is 5.83. The maximum atomic E-state index is 12.3. The first-order valence-corrected chi connectivity index (χ1v) is 8.94. The predicted molar refractivity (Wildman–Crippen MR) is 105 cm³/mol. The number of hydrogen-bond donors (Lipinski definition) is 1. The molecule has 0 unspecified atom stereocenters. The van der Waals surface area contributed by atoms with Gasteiger partial charge in [0.1, 0.15) is 11.6 Å². The van der Waals surface area contributed by atoms with Crippen LogP contribution in [0, 0.1) is 18.3 Å². The van der Waals surface area contributed by atoms with Crippen molar-refractivity contribution < 1.29 is 4.79 Å². The molecule has 0 aliphatic rings. The quantitative estimate of drug-likeness (QED) is 0.535. The van der Waals surface area contributed by atoms with E-state index in [1.807, 2.05) is 36.4 Å². The Labute approximate surface area is 156 Å². The molecule has 26 heavy (non-hydrogen) atoms. The first-order valence-electron chi connectivity index (χ1n) is 8.12. The van der Waals surface area contributed by atoms with Crippen LogP contribution in [-0.4, -0.2) is 10.9 Å². The zero-order valence-corrected chi connectivity index (χ0v) is 15.1. The van der Waals surface area contributed by atoms with Crippen LogP contribution in [0.3, 0.4) is 0 Å². The molecule has 0 atom stereocenters. The van der Waals surface area contributed by atoms with Crippen LogP contribution in [0.5, 0.6) is 0 Å². The number of nitrogens with one attached hydrogen (secondary N) is 1. The van der Waals surface area contributed by atoms with E-state index in [2.05, 4.69) is 41.5 Å². The van der Waals surface area contributed by atoms with Gasteiger partial charge < -0.3 is 0 Å². The van der Waals surface area contributed by atoms with Crippen molar-refractivity contribution in [1.29, 1.82) is 5.26 Å². The minimum Gasteiger partial charge on any atom is -0.297 e. The largest absolute Gasteiger partial charge is 0.297 e. The molecule has 128 valence electrons. The van der Waals surface area contributed by atoms with Gasteiger partial charge in [0.15, 0.2) is 5.13 Å². The van der Waals surface area contributed by atoms with Gasteiger partial charge >= 0.3 is 0 Å². The van der Waals surface area contributed by atoms with E-state index in [1.54, 1.807) is 12.3 Å². The topological polar surface area (TPSA) is 65.8 Å². The van der Waals surface area contributed by atoms with Crippen LogP contribution in [0.2, 0.25) is 0 Å². The number of hydrogen-bond acceptors (Lipinski definition) is 4. The summed E-state index contributed by atoms with van der Waals surface area (Å²) in [7, 11) is 0. The highest BCUT2D eigenvalue weighted by Crippen LogP contribution is 2.22. The standard InChI is InChI=1S/C21H17N3OS/c1-15-7-9-17(10-8-15)12-19-14-23-21(26-19)24-20(25)18(13-22)11-16-5-3-2-4-6-16/h2-11,14H,12H2,1H3,(H,23,24,25). The van der Waals surface area contributed by atoms with E-state index in [4.69, 9.17) is 0 Å². The highest BCUT2D eigenvalue weighted by atomic mass is 32.1. The minimum absolute atomic E-state index is 0.0477. The van der Waals surface area contributed by atoms with E-state index in [-0.39, 0.29) is 5.57 Å². The molecule has 1 amide bonds. The third-order valence-electron chi connectivity index (χ3n) is 3.75. The first-order chi connectivity index (χ1) is 12.6. The van der Waals surface area contributed by atoms with Gasteiger partial charge in [-0.05, 0) is 24.1 Å². The zero-order valence-electron chi connectivity index (χ0n) is 14.3. The molecule has 1 aromatic heterocycles. The molecule has 1 N–H and O–H groups in total. The number of nitrogens with zero attached hydrogens (tertiary/aromatic N) is 2. The van der Waals surface area contributed by atoms with E-state index in [1.165, 1.54) is 22.5 Å². The molecular weight excluding hydrogens is 342 g/mol. The lowest BCUT2D eigenvalue weighted by molar-refractivity contribution is -0.112. The van der Waals surface area contributed by atoms with E-state index in [0.29, 0.717) is 5.13 Å². The average Bonchev–Trinajstić information content (AvgIpc) is 3.09. The zero-order chi connectivity index (χ0) is 18.4. The number of nitriles is 1. The molecule has 3 rings (SSSR count). The fraction of sp³-hybridized carbons (Fsp3) is 0.0952. The third-order valence-corrected chi connectivity index (χ3v) is 4.66. The fourth-order valence-electron chi connectivity index (χ4n) is 2.38. The number of aromatic nitrogens is 1. The van der Waals surface area contributed by atoms with Gasteiger partial charge in [0.05, 0.1) is 0 Å². The Morgan fingerprint density at radius 2 is 1.92 bits per heavy atom. The summed E-state index contributed by atoms with van der Waals surface area (Å²) < 4.78 is 0. The minimum atomic E-state index is -0.451. The van der Waals surface area contributed by atoms with Gasteiger partial charge in [-0.2, -0.15) is 5.26 Å². The Kier molecular flexibility index (Phi) is 5.57. The van der Waals surface area contributed by atoms with Crippen molar-refractivity contribution in [3.63, 3.8) is 0 Å². The van der Waals surface area contributed by atoms with Crippen molar-refractivity contribution in [3.05, 3.63) is 87.9 Å². The number of benzene rings is 2. The van der Waals surface area contributed by atoms with Crippen LogP contribution in [-0.2, 0) is 11.2 Å². The summed E-state index contributed by atoms with van der Waals surface area (Å²) in [6.07, 6.45) is 4.09. The second-order valence-corrected chi connectivity index (χ2v) is 6.94. The summed E-state index contributed by atoms with van der Waals surface area (Å²) >= 11 is 1.41. The van der Waals surface area contributed by atoms with Gasteiger partial charge in [0.25, 0.3) is 5.91 Å². The molecule has 0 saturated heterocycles. The summed E-state index contributed by atoms with van der Waals surface area (Å²) in [5, 5.41) is 12.5. The molecular formula is C21H17N3OS. The van der Waals surface area contributed by atoms with Gasteiger partial charge in [-0.3, -0.25) is 10.1 Å². The number of carbonyl (C=O) groups excluding carboxylic acids is 1. The van der Waals surface area contributed by atoms with Gasteiger partial charge in [0, 0.05) is 17.5 Å². The SMILES string of the molecule is Cc1ccc(Cc2cnc(NC(=O)C(C#N)=Cc3ccccc3)s2)cc1. The summed E-state index contributed by atoms with van der Waals surface area (Å²) in [5.74, 6) is -0.451. The molecule has 1 heterocycles.